The van der Waals surface area contributed by atoms with Crippen LogP contribution in [0.25, 0.3) is 0 Å². The molecule has 2 aliphatic heterocycles. The zero-order chi connectivity index (χ0) is 24.4. The molecule has 2 heterocycles. The average molecular weight is 463 g/mol. The van der Waals surface area contributed by atoms with Gasteiger partial charge in [0.15, 0.2) is 11.4 Å². The third-order valence-corrected chi connectivity index (χ3v) is 6.05. The van der Waals surface area contributed by atoms with Crippen molar-refractivity contribution in [2.75, 3.05) is 19.8 Å². The molecule has 0 radical (unpaired) electrons. The van der Waals surface area contributed by atoms with Crippen LogP contribution in [0, 0.1) is 5.92 Å². The van der Waals surface area contributed by atoms with Crippen molar-refractivity contribution < 1.29 is 34.1 Å². The second kappa shape index (κ2) is 9.79. The molecule has 0 bridgehead atoms. The van der Waals surface area contributed by atoms with Crippen LogP contribution in [0.1, 0.15) is 56.5 Å². The number of fused-ring (bicyclic) bond motifs is 1. The SMILES string of the molecule is CC(C)CC(NC(=O)[C@H](CO)NC(=O)c1ccc2c(c1)CCC(C)(C)O2)C(=O)C1(CO)CO1. The fraction of sp³-hybridized carbons (Fsp3) is 0.625. The average Bonchev–Trinajstić information content (AvgIpc) is 3.56. The number of benzene rings is 1. The van der Waals surface area contributed by atoms with Crippen LogP contribution in [-0.4, -0.2) is 70.9 Å². The van der Waals surface area contributed by atoms with Crippen molar-refractivity contribution >= 4 is 17.6 Å². The summed E-state index contributed by atoms with van der Waals surface area (Å²) in [6.45, 7) is 6.83. The fourth-order valence-electron chi connectivity index (χ4n) is 3.93. The number of aliphatic hydroxyl groups excluding tert-OH is 2. The minimum atomic E-state index is -1.27. The molecule has 0 saturated carbocycles. The van der Waals surface area contributed by atoms with Gasteiger partial charge in [0.2, 0.25) is 5.91 Å². The molecule has 3 atom stereocenters. The van der Waals surface area contributed by atoms with Crippen molar-refractivity contribution in [1.29, 1.82) is 0 Å². The van der Waals surface area contributed by atoms with Crippen molar-refractivity contribution in [3.05, 3.63) is 29.3 Å². The maximum absolute atomic E-state index is 12.8. The van der Waals surface area contributed by atoms with E-state index in [-0.39, 0.29) is 18.1 Å². The van der Waals surface area contributed by atoms with Crippen molar-refractivity contribution in [3.8, 4) is 5.75 Å². The molecule has 1 aromatic rings. The van der Waals surface area contributed by atoms with Gasteiger partial charge in [0.05, 0.1) is 25.9 Å². The zero-order valence-corrected chi connectivity index (χ0v) is 19.6. The molecule has 2 unspecified atom stereocenters. The molecule has 2 amide bonds. The van der Waals surface area contributed by atoms with Gasteiger partial charge in [-0.2, -0.15) is 0 Å². The minimum Gasteiger partial charge on any atom is -0.488 e. The molecule has 0 spiro atoms. The Morgan fingerprint density at radius 3 is 2.39 bits per heavy atom. The number of hydrogen-bond donors (Lipinski definition) is 4. The summed E-state index contributed by atoms with van der Waals surface area (Å²) in [6.07, 6.45) is 1.92. The van der Waals surface area contributed by atoms with Gasteiger partial charge in [-0.3, -0.25) is 14.4 Å². The summed E-state index contributed by atoms with van der Waals surface area (Å²) in [5, 5.41) is 24.4. The van der Waals surface area contributed by atoms with Crippen molar-refractivity contribution in [3.63, 3.8) is 0 Å². The lowest BCUT2D eigenvalue weighted by Crippen LogP contribution is -2.55. The predicted octanol–water partition coefficient (Wildman–Crippen LogP) is 0.742. The Hall–Kier alpha value is -2.49. The number of Topliss-reactive ketones (excluding diaryl/α,β-unsaturated/α-hetero) is 1. The monoisotopic (exact) mass is 462 g/mol. The van der Waals surface area contributed by atoms with Gasteiger partial charge in [-0.25, -0.2) is 0 Å². The summed E-state index contributed by atoms with van der Waals surface area (Å²) in [5.41, 5.74) is -0.275. The van der Waals surface area contributed by atoms with Gasteiger partial charge in [-0.1, -0.05) is 13.8 Å². The lowest BCUT2D eigenvalue weighted by Gasteiger charge is -2.32. The van der Waals surface area contributed by atoms with E-state index in [1.807, 2.05) is 27.7 Å². The first-order valence-electron chi connectivity index (χ1n) is 11.3. The fourth-order valence-corrected chi connectivity index (χ4v) is 3.93. The molecule has 0 aliphatic carbocycles. The van der Waals surface area contributed by atoms with Crippen LogP contribution in [0.15, 0.2) is 18.2 Å². The van der Waals surface area contributed by atoms with Gasteiger partial charge in [-0.05, 0) is 62.8 Å². The van der Waals surface area contributed by atoms with E-state index in [2.05, 4.69) is 10.6 Å². The summed E-state index contributed by atoms with van der Waals surface area (Å²) in [4.78, 5) is 38.4. The van der Waals surface area contributed by atoms with Crippen LogP contribution in [0.2, 0.25) is 0 Å². The molecule has 1 aromatic carbocycles. The molecule has 0 aromatic heterocycles. The molecular formula is C24H34N2O7. The van der Waals surface area contributed by atoms with Gasteiger partial charge >= 0.3 is 0 Å². The number of aliphatic hydroxyl groups is 2. The number of nitrogens with one attached hydrogen (secondary N) is 2. The first-order valence-corrected chi connectivity index (χ1v) is 11.3. The first kappa shape index (κ1) is 25.1. The number of ketones is 1. The maximum Gasteiger partial charge on any atom is 0.252 e. The number of rotatable bonds is 10. The highest BCUT2D eigenvalue weighted by atomic mass is 16.6. The zero-order valence-electron chi connectivity index (χ0n) is 19.6. The Balaban J connectivity index is 1.67. The highest BCUT2D eigenvalue weighted by Gasteiger charge is 2.54. The molecule has 9 nitrogen and oxygen atoms in total. The van der Waals surface area contributed by atoms with E-state index in [9.17, 15) is 24.6 Å². The van der Waals surface area contributed by atoms with E-state index in [1.165, 1.54) is 0 Å². The normalized spacial score (nSPS) is 22.5. The van der Waals surface area contributed by atoms with Crippen LogP contribution in [0.5, 0.6) is 5.75 Å². The van der Waals surface area contributed by atoms with Crippen molar-refractivity contribution in [1.82, 2.24) is 10.6 Å². The predicted molar refractivity (Wildman–Crippen MR) is 120 cm³/mol. The van der Waals surface area contributed by atoms with Crippen LogP contribution >= 0.6 is 0 Å². The summed E-state index contributed by atoms with van der Waals surface area (Å²) >= 11 is 0. The van der Waals surface area contributed by atoms with E-state index in [0.717, 1.165) is 24.2 Å². The lowest BCUT2D eigenvalue weighted by atomic mass is 9.92. The van der Waals surface area contributed by atoms with Gasteiger partial charge in [0.25, 0.3) is 5.91 Å². The molecule has 2 aliphatic rings. The topological polar surface area (TPSA) is 137 Å². The van der Waals surface area contributed by atoms with E-state index in [1.54, 1.807) is 18.2 Å². The summed E-state index contributed by atoms with van der Waals surface area (Å²) in [5.74, 6) is -0.789. The summed E-state index contributed by atoms with van der Waals surface area (Å²) in [7, 11) is 0. The van der Waals surface area contributed by atoms with Crippen molar-refractivity contribution in [2.45, 2.75) is 70.2 Å². The molecule has 9 heteroatoms. The molecule has 4 N–H and O–H groups in total. The molecular weight excluding hydrogens is 428 g/mol. The van der Waals surface area contributed by atoms with Crippen LogP contribution < -0.4 is 15.4 Å². The Labute approximate surface area is 193 Å². The summed E-state index contributed by atoms with van der Waals surface area (Å²) in [6, 6.07) is 2.94. The van der Waals surface area contributed by atoms with E-state index in [4.69, 9.17) is 9.47 Å². The van der Waals surface area contributed by atoms with E-state index >= 15 is 0 Å². The molecule has 33 heavy (non-hydrogen) atoms. The highest BCUT2D eigenvalue weighted by molar-refractivity contribution is 6.00. The van der Waals surface area contributed by atoms with E-state index in [0.29, 0.717) is 12.0 Å². The number of hydrogen-bond acceptors (Lipinski definition) is 7. The molecule has 182 valence electrons. The number of epoxide rings is 1. The summed E-state index contributed by atoms with van der Waals surface area (Å²) < 4.78 is 11.1. The first-order chi connectivity index (χ1) is 15.5. The number of aryl methyl sites for hydroxylation is 1. The van der Waals surface area contributed by atoms with Gasteiger partial charge in [0.1, 0.15) is 17.4 Å². The number of carbonyl (C=O) groups is 3. The number of ether oxygens (including phenoxy) is 2. The molecule has 1 fully saturated rings. The maximum atomic E-state index is 12.8. The van der Waals surface area contributed by atoms with E-state index < -0.39 is 48.5 Å². The Morgan fingerprint density at radius 1 is 1.12 bits per heavy atom. The quantitative estimate of drug-likeness (QED) is 0.376. The number of carbonyl (C=O) groups excluding carboxylic acids is 3. The standard InChI is InChI=1S/C24H34N2O7/c1-14(2)9-17(20(29)24(12-28)13-32-24)25-22(31)18(11-27)26-21(30)16-5-6-19-15(10-16)7-8-23(3,4)33-19/h5-6,10,14,17-18,27-28H,7-9,11-13H2,1-4H3,(H,25,31)(H,26,30)/t17?,18-,24?/m0/s1. The third-order valence-electron chi connectivity index (χ3n) is 6.05. The van der Waals surface area contributed by atoms with Gasteiger partial charge in [-0.15, -0.1) is 0 Å². The lowest BCUT2D eigenvalue weighted by molar-refractivity contribution is -0.133. The Morgan fingerprint density at radius 2 is 1.82 bits per heavy atom. The van der Waals surface area contributed by atoms with Crippen LogP contribution in [-0.2, 0) is 20.7 Å². The largest absolute Gasteiger partial charge is 0.488 e. The van der Waals surface area contributed by atoms with Crippen LogP contribution in [0.4, 0.5) is 0 Å². The molecule has 3 rings (SSSR count). The number of amides is 2. The van der Waals surface area contributed by atoms with Gasteiger partial charge in [0, 0.05) is 5.56 Å². The smallest absolute Gasteiger partial charge is 0.252 e. The minimum absolute atomic E-state index is 0.0820. The van der Waals surface area contributed by atoms with Gasteiger partial charge < -0.3 is 30.3 Å². The second-order valence-electron chi connectivity index (χ2n) is 9.89. The van der Waals surface area contributed by atoms with Crippen LogP contribution in [0.3, 0.4) is 0 Å². The van der Waals surface area contributed by atoms with Crippen molar-refractivity contribution in [2.24, 2.45) is 5.92 Å². The second-order valence-corrected chi connectivity index (χ2v) is 9.89. The molecule has 1 saturated heterocycles. The Kier molecular flexibility index (Phi) is 7.45. The third kappa shape index (κ3) is 5.90. The Bertz CT molecular complexity index is 908. The highest BCUT2D eigenvalue weighted by Crippen LogP contribution is 2.33.